The molecule has 1 aromatic carbocycles. The van der Waals surface area contributed by atoms with Gasteiger partial charge in [-0.05, 0) is 30.7 Å². The molecule has 128 valence electrons. The van der Waals surface area contributed by atoms with Crippen LogP contribution in [0.25, 0.3) is 0 Å². The van der Waals surface area contributed by atoms with Gasteiger partial charge in [-0.3, -0.25) is 4.79 Å². The van der Waals surface area contributed by atoms with Crippen molar-refractivity contribution in [2.24, 2.45) is 0 Å². The lowest BCUT2D eigenvalue weighted by atomic mass is 10.0. The number of H-pyrrole nitrogens is 1. The van der Waals surface area contributed by atoms with Crippen LogP contribution in [-0.2, 0) is 16.0 Å². The van der Waals surface area contributed by atoms with Crippen LogP contribution >= 0.6 is 0 Å². The monoisotopic (exact) mass is 333 g/mol. The molecule has 6 nitrogen and oxygen atoms in total. The van der Waals surface area contributed by atoms with Gasteiger partial charge in [0.1, 0.15) is 23.8 Å². The highest BCUT2D eigenvalue weighted by Gasteiger charge is 2.41. The molecule has 0 bridgehead atoms. The number of aromatic amines is 1. The molecule has 1 amide bonds. The average Bonchev–Trinajstić information content (AvgIpc) is 3.24. The summed E-state index contributed by atoms with van der Waals surface area (Å²) in [6.45, 7) is 1.40. The molecule has 0 radical (unpaired) electrons. The summed E-state index contributed by atoms with van der Waals surface area (Å²) in [5.74, 6) is 0.301. The summed E-state index contributed by atoms with van der Waals surface area (Å²) in [4.78, 5) is 21.0. The van der Waals surface area contributed by atoms with Crippen LogP contribution in [0.1, 0.15) is 12.1 Å². The van der Waals surface area contributed by atoms with Crippen molar-refractivity contribution >= 4 is 5.91 Å². The Hall–Kier alpha value is -2.41. The van der Waals surface area contributed by atoms with Gasteiger partial charge in [-0.25, -0.2) is 9.37 Å². The first kappa shape index (κ1) is 16.4. The molecule has 0 aliphatic carbocycles. The lowest BCUT2D eigenvalue weighted by Gasteiger charge is -2.27. The number of halogens is 1. The van der Waals surface area contributed by atoms with Gasteiger partial charge in [0, 0.05) is 25.5 Å². The van der Waals surface area contributed by atoms with E-state index in [0.29, 0.717) is 38.3 Å². The lowest BCUT2D eigenvalue weighted by Crippen LogP contribution is -2.42. The minimum atomic E-state index is -0.544. The molecule has 0 saturated carbocycles. The van der Waals surface area contributed by atoms with E-state index in [1.165, 1.54) is 12.1 Å². The van der Waals surface area contributed by atoms with E-state index < -0.39 is 5.60 Å². The molecule has 3 rings (SSSR count). The first-order valence-electron chi connectivity index (χ1n) is 7.79. The van der Waals surface area contributed by atoms with Gasteiger partial charge in [0.25, 0.3) is 0 Å². The standard InChI is InChI=1S/C17H20FN3O3/c1-23-17(11-24-15-4-2-13(18)3-5-15)6-7-21(10-17)16(22)8-14-9-19-12-20-14/h2-5,9,12H,6-8,10-11H2,1H3,(H,19,20)/t17-/m0/s1. The number of ether oxygens (including phenoxy) is 2. The van der Waals surface area contributed by atoms with Crippen molar-refractivity contribution in [2.75, 3.05) is 26.8 Å². The quantitative estimate of drug-likeness (QED) is 0.875. The number of benzene rings is 1. The number of carbonyl (C=O) groups excluding carboxylic acids is 1. The normalized spacial score (nSPS) is 20.3. The van der Waals surface area contributed by atoms with Crippen molar-refractivity contribution in [3.05, 3.63) is 48.3 Å². The molecule has 1 fully saturated rings. The number of nitrogens with zero attached hydrogens (tertiary/aromatic N) is 2. The molecule has 2 heterocycles. The second kappa shape index (κ2) is 7.00. The largest absolute Gasteiger partial charge is 0.491 e. The van der Waals surface area contributed by atoms with Gasteiger partial charge < -0.3 is 19.4 Å². The van der Waals surface area contributed by atoms with Crippen LogP contribution in [-0.4, -0.2) is 53.2 Å². The van der Waals surface area contributed by atoms with Crippen molar-refractivity contribution in [3.63, 3.8) is 0 Å². The molecule has 2 aromatic rings. The Morgan fingerprint density at radius 1 is 1.42 bits per heavy atom. The Bertz CT molecular complexity index is 675. The summed E-state index contributed by atoms with van der Waals surface area (Å²) in [6, 6.07) is 5.86. The zero-order valence-electron chi connectivity index (χ0n) is 13.5. The summed E-state index contributed by atoms with van der Waals surface area (Å²) in [6.07, 6.45) is 4.19. The number of likely N-dealkylation sites (tertiary alicyclic amines) is 1. The molecule has 1 aliphatic rings. The summed E-state index contributed by atoms with van der Waals surface area (Å²) in [7, 11) is 1.62. The topological polar surface area (TPSA) is 67.5 Å². The van der Waals surface area contributed by atoms with Crippen LogP contribution in [0.3, 0.4) is 0 Å². The Balaban J connectivity index is 1.57. The molecule has 1 aliphatic heterocycles. The maximum atomic E-state index is 12.9. The third kappa shape index (κ3) is 3.73. The van der Waals surface area contributed by atoms with E-state index in [9.17, 15) is 9.18 Å². The number of imidazole rings is 1. The van der Waals surface area contributed by atoms with E-state index in [4.69, 9.17) is 9.47 Å². The molecule has 1 atom stereocenters. The van der Waals surface area contributed by atoms with Crippen molar-refractivity contribution in [2.45, 2.75) is 18.4 Å². The number of rotatable bonds is 6. The predicted molar refractivity (Wildman–Crippen MR) is 85.1 cm³/mol. The van der Waals surface area contributed by atoms with Crippen molar-refractivity contribution in [1.82, 2.24) is 14.9 Å². The van der Waals surface area contributed by atoms with Gasteiger partial charge in [0.05, 0.1) is 19.3 Å². The minimum absolute atomic E-state index is 0.0277. The molecule has 7 heteroatoms. The summed E-state index contributed by atoms with van der Waals surface area (Å²) in [5.41, 5.74) is 0.246. The smallest absolute Gasteiger partial charge is 0.228 e. The lowest BCUT2D eigenvalue weighted by molar-refractivity contribution is -0.131. The molecule has 0 spiro atoms. The van der Waals surface area contributed by atoms with Crippen molar-refractivity contribution in [1.29, 1.82) is 0 Å². The van der Waals surface area contributed by atoms with E-state index in [1.54, 1.807) is 36.7 Å². The van der Waals surface area contributed by atoms with E-state index in [-0.39, 0.29) is 11.7 Å². The van der Waals surface area contributed by atoms with Gasteiger partial charge in [-0.1, -0.05) is 0 Å². The number of amides is 1. The van der Waals surface area contributed by atoms with Gasteiger partial charge in [-0.2, -0.15) is 0 Å². The first-order chi connectivity index (χ1) is 11.6. The van der Waals surface area contributed by atoms with Crippen LogP contribution in [0.15, 0.2) is 36.8 Å². The number of hydrogen-bond acceptors (Lipinski definition) is 4. The van der Waals surface area contributed by atoms with Gasteiger partial charge in [-0.15, -0.1) is 0 Å². The summed E-state index contributed by atoms with van der Waals surface area (Å²) < 4.78 is 24.3. The van der Waals surface area contributed by atoms with Gasteiger partial charge in [0.2, 0.25) is 5.91 Å². The first-order valence-corrected chi connectivity index (χ1v) is 7.79. The van der Waals surface area contributed by atoms with Gasteiger partial charge in [0.15, 0.2) is 0 Å². The second-order valence-electron chi connectivity index (χ2n) is 5.95. The van der Waals surface area contributed by atoms with E-state index in [2.05, 4.69) is 9.97 Å². The Kier molecular flexibility index (Phi) is 4.80. The summed E-state index contributed by atoms with van der Waals surface area (Å²) in [5, 5.41) is 0. The third-order valence-corrected chi connectivity index (χ3v) is 4.31. The zero-order valence-corrected chi connectivity index (χ0v) is 13.5. The minimum Gasteiger partial charge on any atom is -0.491 e. The molecule has 1 aromatic heterocycles. The highest BCUT2D eigenvalue weighted by Crippen LogP contribution is 2.27. The molecule has 0 unspecified atom stereocenters. The Morgan fingerprint density at radius 3 is 2.88 bits per heavy atom. The van der Waals surface area contributed by atoms with Crippen LogP contribution in [0, 0.1) is 5.82 Å². The maximum absolute atomic E-state index is 12.9. The van der Waals surface area contributed by atoms with Crippen LogP contribution in [0.5, 0.6) is 5.75 Å². The highest BCUT2D eigenvalue weighted by atomic mass is 19.1. The van der Waals surface area contributed by atoms with E-state index in [1.807, 2.05) is 0 Å². The number of hydrogen-bond donors (Lipinski definition) is 1. The molecular weight excluding hydrogens is 313 g/mol. The Morgan fingerprint density at radius 2 is 2.21 bits per heavy atom. The highest BCUT2D eigenvalue weighted by molar-refractivity contribution is 5.78. The molecular formula is C17H20FN3O3. The molecule has 1 saturated heterocycles. The Labute approximate surface area is 139 Å². The van der Waals surface area contributed by atoms with Crippen molar-refractivity contribution < 1.29 is 18.7 Å². The molecule has 1 N–H and O–H groups in total. The second-order valence-corrected chi connectivity index (χ2v) is 5.95. The van der Waals surface area contributed by atoms with Crippen molar-refractivity contribution in [3.8, 4) is 5.75 Å². The van der Waals surface area contributed by atoms with Crippen LogP contribution < -0.4 is 4.74 Å². The zero-order chi connectivity index (χ0) is 17.0. The third-order valence-electron chi connectivity index (χ3n) is 4.31. The van der Waals surface area contributed by atoms with Crippen LogP contribution in [0.4, 0.5) is 4.39 Å². The number of carbonyl (C=O) groups is 1. The van der Waals surface area contributed by atoms with Gasteiger partial charge >= 0.3 is 0 Å². The van der Waals surface area contributed by atoms with E-state index >= 15 is 0 Å². The van der Waals surface area contributed by atoms with Crippen LogP contribution in [0.2, 0.25) is 0 Å². The fourth-order valence-corrected chi connectivity index (χ4v) is 2.80. The predicted octanol–water partition coefficient (Wildman–Crippen LogP) is 1.79. The summed E-state index contributed by atoms with van der Waals surface area (Å²) >= 11 is 0. The maximum Gasteiger partial charge on any atom is 0.228 e. The number of aromatic nitrogens is 2. The number of nitrogens with one attached hydrogen (secondary N) is 1. The fraction of sp³-hybridized carbons (Fsp3) is 0.412. The SMILES string of the molecule is CO[C@@]1(COc2ccc(F)cc2)CCN(C(=O)Cc2cnc[nH]2)C1. The number of methoxy groups -OCH3 is 1. The fourth-order valence-electron chi connectivity index (χ4n) is 2.80. The van der Waals surface area contributed by atoms with E-state index in [0.717, 1.165) is 5.69 Å². The molecule has 24 heavy (non-hydrogen) atoms. The average molecular weight is 333 g/mol.